The van der Waals surface area contributed by atoms with Crippen LogP contribution in [0.2, 0.25) is 0 Å². The van der Waals surface area contributed by atoms with Gasteiger partial charge in [-0.25, -0.2) is 0 Å². The summed E-state index contributed by atoms with van der Waals surface area (Å²) < 4.78 is 0. The van der Waals surface area contributed by atoms with E-state index in [1.807, 2.05) is 6.07 Å². The van der Waals surface area contributed by atoms with Gasteiger partial charge in [-0.1, -0.05) is 63.4 Å². The lowest BCUT2D eigenvalue weighted by Crippen LogP contribution is -2.09. The van der Waals surface area contributed by atoms with Gasteiger partial charge in [-0.3, -0.25) is 0 Å². The Morgan fingerprint density at radius 3 is 2.20 bits per heavy atom. The number of benzene rings is 1. The van der Waals surface area contributed by atoms with Crippen LogP contribution in [-0.2, 0) is 0 Å². The van der Waals surface area contributed by atoms with Crippen molar-refractivity contribution in [3.8, 4) is 0 Å². The largest absolute Gasteiger partial charge is 0.324 e. The standard InChI is InChI=1S/C14H23N/c1-12(2)8-6-7-11-14(15)13-9-4-3-5-10-13/h3-5,9-10,12,14H,6-8,11,15H2,1-2H3/t14-/m0/s1. The minimum Gasteiger partial charge on any atom is -0.324 e. The van der Waals surface area contributed by atoms with Gasteiger partial charge >= 0.3 is 0 Å². The van der Waals surface area contributed by atoms with Crippen LogP contribution in [0.25, 0.3) is 0 Å². The molecule has 0 amide bonds. The maximum atomic E-state index is 6.11. The van der Waals surface area contributed by atoms with Crippen molar-refractivity contribution in [1.29, 1.82) is 0 Å². The highest BCUT2D eigenvalue weighted by Gasteiger charge is 2.04. The molecule has 0 spiro atoms. The Balaban J connectivity index is 2.22. The molecule has 1 heteroatoms. The van der Waals surface area contributed by atoms with E-state index in [1.165, 1.54) is 24.8 Å². The van der Waals surface area contributed by atoms with Crippen molar-refractivity contribution in [3.63, 3.8) is 0 Å². The van der Waals surface area contributed by atoms with E-state index in [2.05, 4.69) is 38.1 Å². The highest BCUT2D eigenvalue weighted by atomic mass is 14.6. The molecular weight excluding hydrogens is 182 g/mol. The second-order valence-corrected chi connectivity index (χ2v) is 4.70. The Labute approximate surface area is 93.7 Å². The van der Waals surface area contributed by atoms with E-state index >= 15 is 0 Å². The molecule has 0 radical (unpaired) electrons. The highest BCUT2D eigenvalue weighted by Crippen LogP contribution is 2.17. The van der Waals surface area contributed by atoms with Gasteiger partial charge in [-0.2, -0.15) is 0 Å². The molecule has 0 aliphatic rings. The zero-order valence-electron chi connectivity index (χ0n) is 9.95. The van der Waals surface area contributed by atoms with Crippen molar-refractivity contribution in [2.24, 2.45) is 11.7 Å². The van der Waals surface area contributed by atoms with E-state index in [-0.39, 0.29) is 6.04 Å². The molecule has 0 unspecified atom stereocenters. The lowest BCUT2D eigenvalue weighted by atomic mass is 9.99. The summed E-state index contributed by atoms with van der Waals surface area (Å²) in [6.45, 7) is 4.55. The van der Waals surface area contributed by atoms with Crippen LogP contribution in [0.5, 0.6) is 0 Å². The van der Waals surface area contributed by atoms with Crippen LogP contribution in [0.4, 0.5) is 0 Å². The fourth-order valence-electron chi connectivity index (χ4n) is 1.78. The van der Waals surface area contributed by atoms with Gasteiger partial charge < -0.3 is 5.73 Å². The number of nitrogens with two attached hydrogens (primary N) is 1. The number of rotatable bonds is 6. The van der Waals surface area contributed by atoms with Crippen molar-refractivity contribution in [1.82, 2.24) is 0 Å². The smallest absolute Gasteiger partial charge is 0.0294 e. The molecule has 84 valence electrons. The average molecular weight is 205 g/mol. The maximum Gasteiger partial charge on any atom is 0.0294 e. The topological polar surface area (TPSA) is 26.0 Å². The van der Waals surface area contributed by atoms with Gasteiger partial charge in [0.15, 0.2) is 0 Å². The lowest BCUT2D eigenvalue weighted by molar-refractivity contribution is 0.504. The molecule has 1 atom stereocenters. The normalized spacial score (nSPS) is 13.1. The molecule has 0 bridgehead atoms. The molecule has 0 aliphatic heterocycles. The van der Waals surface area contributed by atoms with E-state index in [9.17, 15) is 0 Å². The zero-order valence-corrected chi connectivity index (χ0v) is 9.95. The molecular formula is C14H23N. The number of unbranched alkanes of at least 4 members (excludes halogenated alkanes) is 1. The van der Waals surface area contributed by atoms with Crippen LogP contribution in [0.3, 0.4) is 0 Å². The first kappa shape index (κ1) is 12.3. The zero-order chi connectivity index (χ0) is 11.1. The van der Waals surface area contributed by atoms with Crippen molar-refractivity contribution in [3.05, 3.63) is 35.9 Å². The quantitative estimate of drug-likeness (QED) is 0.700. The molecule has 15 heavy (non-hydrogen) atoms. The van der Waals surface area contributed by atoms with E-state index in [4.69, 9.17) is 5.73 Å². The fraction of sp³-hybridized carbons (Fsp3) is 0.571. The summed E-state index contributed by atoms with van der Waals surface area (Å²) in [7, 11) is 0. The Bertz CT molecular complexity index is 253. The van der Waals surface area contributed by atoms with Gasteiger partial charge in [-0.05, 0) is 17.9 Å². The molecule has 0 saturated heterocycles. The average Bonchev–Trinajstić information content (AvgIpc) is 2.25. The Hall–Kier alpha value is -0.820. The molecule has 2 N–H and O–H groups in total. The number of hydrogen-bond donors (Lipinski definition) is 1. The molecule has 0 heterocycles. The minimum absolute atomic E-state index is 0.221. The predicted octanol–water partition coefficient (Wildman–Crippen LogP) is 3.90. The molecule has 0 fully saturated rings. The first-order valence-electron chi connectivity index (χ1n) is 6.00. The van der Waals surface area contributed by atoms with Gasteiger partial charge in [0.1, 0.15) is 0 Å². The summed E-state index contributed by atoms with van der Waals surface area (Å²) in [6, 6.07) is 10.6. The summed E-state index contributed by atoms with van der Waals surface area (Å²) in [5, 5.41) is 0. The van der Waals surface area contributed by atoms with Gasteiger partial charge in [0, 0.05) is 6.04 Å². The van der Waals surface area contributed by atoms with Gasteiger partial charge in [0.2, 0.25) is 0 Å². The van der Waals surface area contributed by atoms with Gasteiger partial charge in [-0.15, -0.1) is 0 Å². The Morgan fingerprint density at radius 2 is 1.60 bits per heavy atom. The van der Waals surface area contributed by atoms with Crippen LogP contribution in [0.1, 0.15) is 51.1 Å². The van der Waals surface area contributed by atoms with Gasteiger partial charge in [0.25, 0.3) is 0 Å². The third-order valence-electron chi connectivity index (χ3n) is 2.77. The van der Waals surface area contributed by atoms with Crippen LogP contribution in [-0.4, -0.2) is 0 Å². The molecule has 0 saturated carbocycles. The van der Waals surface area contributed by atoms with Crippen molar-refractivity contribution in [2.45, 2.75) is 45.6 Å². The summed E-state index contributed by atoms with van der Waals surface area (Å²) in [5.74, 6) is 0.818. The third kappa shape index (κ3) is 4.98. The van der Waals surface area contributed by atoms with Gasteiger partial charge in [0.05, 0.1) is 0 Å². The summed E-state index contributed by atoms with van der Waals surface area (Å²) in [4.78, 5) is 0. The molecule has 0 aromatic heterocycles. The van der Waals surface area contributed by atoms with E-state index < -0.39 is 0 Å². The highest BCUT2D eigenvalue weighted by molar-refractivity contribution is 5.18. The summed E-state index contributed by atoms with van der Waals surface area (Å²) >= 11 is 0. The second kappa shape index (κ2) is 6.62. The van der Waals surface area contributed by atoms with Crippen LogP contribution in [0, 0.1) is 5.92 Å². The van der Waals surface area contributed by atoms with Crippen molar-refractivity contribution in [2.75, 3.05) is 0 Å². The Kier molecular flexibility index (Phi) is 5.41. The first-order chi connectivity index (χ1) is 7.20. The van der Waals surface area contributed by atoms with Crippen molar-refractivity contribution < 1.29 is 0 Å². The predicted molar refractivity (Wildman–Crippen MR) is 66.7 cm³/mol. The fourth-order valence-corrected chi connectivity index (χ4v) is 1.78. The van der Waals surface area contributed by atoms with E-state index in [0.717, 1.165) is 12.3 Å². The van der Waals surface area contributed by atoms with E-state index in [1.54, 1.807) is 0 Å². The second-order valence-electron chi connectivity index (χ2n) is 4.70. The lowest BCUT2D eigenvalue weighted by Gasteiger charge is -2.12. The van der Waals surface area contributed by atoms with E-state index in [0.29, 0.717) is 0 Å². The van der Waals surface area contributed by atoms with Crippen LogP contribution in [0.15, 0.2) is 30.3 Å². The Morgan fingerprint density at radius 1 is 1.00 bits per heavy atom. The monoisotopic (exact) mass is 205 g/mol. The van der Waals surface area contributed by atoms with Crippen LogP contribution < -0.4 is 5.73 Å². The summed E-state index contributed by atoms with van der Waals surface area (Å²) in [5.41, 5.74) is 7.38. The van der Waals surface area contributed by atoms with Crippen molar-refractivity contribution >= 4 is 0 Å². The maximum absolute atomic E-state index is 6.11. The molecule has 1 aromatic carbocycles. The SMILES string of the molecule is CC(C)CCCC[C@H](N)c1ccccc1. The molecule has 1 rings (SSSR count). The minimum atomic E-state index is 0.221. The van der Waals surface area contributed by atoms with Crippen LogP contribution >= 0.6 is 0 Å². The summed E-state index contributed by atoms with van der Waals surface area (Å²) in [6.07, 6.45) is 4.98. The molecule has 1 aromatic rings. The molecule has 1 nitrogen and oxygen atoms in total. The third-order valence-corrected chi connectivity index (χ3v) is 2.77. The number of hydrogen-bond acceptors (Lipinski definition) is 1. The first-order valence-corrected chi connectivity index (χ1v) is 6.00. The molecule has 0 aliphatic carbocycles.